The van der Waals surface area contributed by atoms with Crippen molar-refractivity contribution in [1.82, 2.24) is 5.32 Å². The summed E-state index contributed by atoms with van der Waals surface area (Å²) in [5.41, 5.74) is 0. The highest BCUT2D eigenvalue weighted by Crippen LogP contribution is 2.22. The fourth-order valence-corrected chi connectivity index (χ4v) is 4.76. The van der Waals surface area contributed by atoms with Crippen molar-refractivity contribution in [3.8, 4) is 0 Å². The Morgan fingerprint density at radius 2 is 1.32 bits per heavy atom. The molecule has 1 aliphatic heterocycles. The molecule has 0 aromatic heterocycles. The molecule has 1 aliphatic rings. The minimum Gasteiger partial charge on any atom is -0.394 e. The lowest BCUT2D eigenvalue weighted by Gasteiger charge is -2.40. The van der Waals surface area contributed by atoms with E-state index in [1.54, 1.807) is 6.08 Å². The number of nitrogens with one attached hydrogen (secondary N) is 1. The van der Waals surface area contributed by atoms with Crippen LogP contribution in [0.3, 0.4) is 0 Å². The summed E-state index contributed by atoms with van der Waals surface area (Å²) in [6.07, 6.45) is 23.2. The Morgan fingerprint density at radius 1 is 0.750 bits per heavy atom. The summed E-state index contributed by atoms with van der Waals surface area (Å²) in [6, 6.07) is -0.838. The highest BCUT2D eigenvalue weighted by atomic mass is 16.7. The molecule has 1 amide bonds. The van der Waals surface area contributed by atoms with E-state index in [0.29, 0.717) is 6.42 Å². The molecule has 1 saturated heterocycles. The quantitative estimate of drug-likeness (QED) is 0.0630. The highest BCUT2D eigenvalue weighted by Gasteiger charge is 2.44. The largest absolute Gasteiger partial charge is 0.394 e. The van der Waals surface area contributed by atoms with Crippen molar-refractivity contribution in [2.75, 3.05) is 13.2 Å². The second-order valence-corrected chi connectivity index (χ2v) is 11.6. The third kappa shape index (κ3) is 18.2. The van der Waals surface area contributed by atoms with Crippen molar-refractivity contribution >= 4 is 5.91 Å². The first-order chi connectivity index (χ1) is 21.3. The Kier molecular flexibility index (Phi) is 24.1. The molecule has 254 valence electrons. The van der Waals surface area contributed by atoms with E-state index in [1.165, 1.54) is 38.5 Å². The molecule has 44 heavy (non-hydrogen) atoms. The van der Waals surface area contributed by atoms with Crippen molar-refractivity contribution in [2.24, 2.45) is 0 Å². The third-order valence-corrected chi connectivity index (χ3v) is 7.60. The molecule has 0 aliphatic carbocycles. The molecule has 9 heteroatoms. The normalized spacial score (nSPS) is 24.2. The number of hydrogen-bond donors (Lipinski definition) is 6. The summed E-state index contributed by atoms with van der Waals surface area (Å²) < 4.78 is 11.1. The van der Waals surface area contributed by atoms with Crippen molar-refractivity contribution in [3.63, 3.8) is 0 Å². The lowest BCUT2D eigenvalue weighted by Crippen LogP contribution is -2.60. The van der Waals surface area contributed by atoms with Crippen LogP contribution >= 0.6 is 0 Å². The molecule has 7 unspecified atom stereocenters. The maximum Gasteiger partial charge on any atom is 0.220 e. The van der Waals surface area contributed by atoms with Gasteiger partial charge in [-0.15, -0.1) is 0 Å². The number of aliphatic hydroxyl groups is 5. The molecule has 1 fully saturated rings. The predicted molar refractivity (Wildman–Crippen MR) is 175 cm³/mol. The first-order valence-corrected chi connectivity index (χ1v) is 16.9. The first-order valence-electron chi connectivity index (χ1n) is 16.9. The Bertz CT molecular complexity index is 828. The van der Waals surface area contributed by atoms with Gasteiger partial charge in [-0.2, -0.15) is 0 Å². The molecule has 9 nitrogen and oxygen atoms in total. The SMILES string of the molecule is CCCC/C=C/CC/C=C/CC/C=C/C(O)C(COC1OC(CO)C(O)C(O)C1O)NC(=O)CCC/C=C\CCCCCC. The minimum absolute atomic E-state index is 0.219. The second kappa shape index (κ2) is 26.4. The van der Waals surface area contributed by atoms with Crippen LogP contribution in [0.2, 0.25) is 0 Å². The van der Waals surface area contributed by atoms with Crippen LogP contribution in [0.5, 0.6) is 0 Å². The molecule has 1 rings (SSSR count). The van der Waals surface area contributed by atoms with Gasteiger partial charge < -0.3 is 40.3 Å². The molecular weight excluding hydrogens is 562 g/mol. The fraction of sp³-hybridized carbons (Fsp3) is 0.743. The molecule has 0 radical (unpaired) electrons. The van der Waals surface area contributed by atoms with E-state index in [4.69, 9.17) is 9.47 Å². The molecule has 0 aromatic carbocycles. The van der Waals surface area contributed by atoms with Crippen LogP contribution in [0.4, 0.5) is 0 Å². The second-order valence-electron chi connectivity index (χ2n) is 11.6. The molecule has 0 saturated carbocycles. The maximum absolute atomic E-state index is 12.7. The lowest BCUT2D eigenvalue weighted by atomic mass is 9.99. The van der Waals surface area contributed by atoms with E-state index >= 15 is 0 Å². The molecule has 6 N–H and O–H groups in total. The van der Waals surface area contributed by atoms with Gasteiger partial charge in [0.25, 0.3) is 0 Å². The van der Waals surface area contributed by atoms with Gasteiger partial charge in [0.1, 0.15) is 24.4 Å². The van der Waals surface area contributed by atoms with Crippen molar-refractivity contribution in [1.29, 1.82) is 0 Å². The van der Waals surface area contributed by atoms with Gasteiger partial charge in [0, 0.05) is 6.42 Å². The monoisotopic (exact) mass is 623 g/mol. The van der Waals surface area contributed by atoms with E-state index in [-0.39, 0.29) is 18.9 Å². The number of amides is 1. The Morgan fingerprint density at radius 3 is 1.93 bits per heavy atom. The van der Waals surface area contributed by atoms with Gasteiger partial charge in [-0.05, 0) is 57.8 Å². The maximum atomic E-state index is 12.7. The van der Waals surface area contributed by atoms with Gasteiger partial charge in [-0.25, -0.2) is 0 Å². The van der Waals surface area contributed by atoms with Crippen LogP contribution in [0.25, 0.3) is 0 Å². The number of rotatable bonds is 25. The predicted octanol–water partition coefficient (Wildman–Crippen LogP) is 4.76. The highest BCUT2D eigenvalue weighted by molar-refractivity contribution is 5.76. The van der Waals surface area contributed by atoms with Gasteiger partial charge in [0.2, 0.25) is 5.91 Å². The van der Waals surface area contributed by atoms with Crippen LogP contribution in [0, 0.1) is 0 Å². The zero-order valence-corrected chi connectivity index (χ0v) is 27.1. The summed E-state index contributed by atoms with van der Waals surface area (Å²) in [6.45, 7) is 3.59. The summed E-state index contributed by atoms with van der Waals surface area (Å²) in [4.78, 5) is 12.7. The smallest absolute Gasteiger partial charge is 0.220 e. The van der Waals surface area contributed by atoms with Gasteiger partial charge in [0.15, 0.2) is 6.29 Å². The number of aliphatic hydroxyl groups excluding tert-OH is 5. The van der Waals surface area contributed by atoms with Gasteiger partial charge in [-0.1, -0.05) is 94.6 Å². The average molecular weight is 624 g/mol. The average Bonchev–Trinajstić information content (AvgIpc) is 3.02. The molecule has 1 heterocycles. The zero-order chi connectivity index (χ0) is 32.4. The van der Waals surface area contributed by atoms with E-state index in [0.717, 1.165) is 44.9 Å². The number of carbonyl (C=O) groups excluding carboxylic acids is 1. The van der Waals surface area contributed by atoms with Gasteiger partial charge in [0.05, 0.1) is 25.4 Å². The first kappa shape index (κ1) is 40.2. The van der Waals surface area contributed by atoms with E-state index in [9.17, 15) is 30.3 Å². The summed E-state index contributed by atoms with van der Waals surface area (Å²) in [5.74, 6) is -0.233. The van der Waals surface area contributed by atoms with Crippen LogP contribution < -0.4 is 5.32 Å². The van der Waals surface area contributed by atoms with Crippen molar-refractivity contribution < 1.29 is 39.8 Å². The van der Waals surface area contributed by atoms with E-state index in [1.807, 2.05) is 6.08 Å². The Hall–Kier alpha value is -1.85. The number of unbranched alkanes of at least 4 members (excludes halogenated alkanes) is 9. The Balaban J connectivity index is 2.61. The van der Waals surface area contributed by atoms with E-state index < -0.39 is 49.5 Å². The molecular formula is C35H61NO8. The molecule has 0 aromatic rings. The van der Waals surface area contributed by atoms with E-state index in [2.05, 4.69) is 55.6 Å². The molecule has 7 atom stereocenters. The number of allylic oxidation sites excluding steroid dienone is 7. The van der Waals surface area contributed by atoms with Crippen LogP contribution in [0.1, 0.15) is 110 Å². The van der Waals surface area contributed by atoms with Crippen molar-refractivity contribution in [2.45, 2.75) is 153 Å². The number of ether oxygens (including phenoxy) is 2. The number of hydrogen-bond acceptors (Lipinski definition) is 8. The number of carbonyl (C=O) groups is 1. The topological polar surface area (TPSA) is 149 Å². The standard InChI is InChI=1S/C35H61NO8/c1-3-5-7-9-11-13-14-15-17-18-20-22-24-29(38)28(27-43-35-34(42)33(41)32(40)30(26-37)44-35)36-31(39)25-23-21-19-16-12-10-8-6-4-2/h9,11,15-17,19,22,24,28-30,32-35,37-38,40-42H,3-8,10,12-14,18,20-21,23,25-27H2,1-2H3,(H,36,39)/b11-9+,17-15+,19-16-,24-22+. The summed E-state index contributed by atoms with van der Waals surface area (Å²) in [5, 5.41) is 53.5. The zero-order valence-electron chi connectivity index (χ0n) is 27.1. The lowest BCUT2D eigenvalue weighted by molar-refractivity contribution is -0.302. The van der Waals surface area contributed by atoms with Crippen LogP contribution in [-0.2, 0) is 14.3 Å². The fourth-order valence-electron chi connectivity index (χ4n) is 4.76. The molecule has 0 spiro atoms. The van der Waals surface area contributed by atoms with Crippen molar-refractivity contribution in [3.05, 3.63) is 48.6 Å². The van der Waals surface area contributed by atoms with Crippen LogP contribution in [0.15, 0.2) is 48.6 Å². The van der Waals surface area contributed by atoms with Crippen LogP contribution in [-0.4, -0.2) is 87.5 Å². The minimum atomic E-state index is -1.58. The summed E-state index contributed by atoms with van der Waals surface area (Å²) in [7, 11) is 0. The Labute approximate surface area is 265 Å². The van der Waals surface area contributed by atoms with Gasteiger partial charge in [-0.3, -0.25) is 4.79 Å². The third-order valence-electron chi connectivity index (χ3n) is 7.60. The molecule has 0 bridgehead atoms. The summed E-state index contributed by atoms with van der Waals surface area (Å²) >= 11 is 0. The van der Waals surface area contributed by atoms with Gasteiger partial charge >= 0.3 is 0 Å².